The van der Waals surface area contributed by atoms with Crippen LogP contribution in [-0.4, -0.2) is 23.3 Å². The monoisotopic (exact) mass is 211 g/mol. The lowest BCUT2D eigenvalue weighted by Gasteiger charge is -2.07. The number of hydrogen-bond donors (Lipinski definition) is 1. The van der Waals surface area contributed by atoms with Gasteiger partial charge in [-0.1, -0.05) is 18.7 Å². The molecule has 1 aromatic heterocycles. The third kappa shape index (κ3) is 3.81. The van der Waals surface area contributed by atoms with Crippen molar-refractivity contribution in [1.29, 1.82) is 5.26 Å². The third-order valence-electron chi connectivity index (χ3n) is 1.58. The molecule has 0 saturated carbocycles. The highest BCUT2D eigenvalue weighted by Gasteiger charge is 2.08. The van der Waals surface area contributed by atoms with Crippen molar-refractivity contribution in [3.05, 3.63) is 12.5 Å². The average molecular weight is 211 g/mol. The molecule has 0 aliphatic rings. The molecule has 14 heavy (non-hydrogen) atoms. The predicted molar refractivity (Wildman–Crippen MR) is 54.9 cm³/mol. The van der Waals surface area contributed by atoms with E-state index in [4.69, 9.17) is 9.68 Å². The molecule has 76 valence electrons. The van der Waals surface area contributed by atoms with E-state index < -0.39 is 0 Å². The van der Waals surface area contributed by atoms with Gasteiger partial charge in [-0.3, -0.25) is 0 Å². The minimum atomic E-state index is -0.133. The van der Waals surface area contributed by atoms with Gasteiger partial charge < -0.3 is 9.73 Å². The second-order valence-electron chi connectivity index (χ2n) is 2.74. The Kier molecular flexibility index (Phi) is 5.12. The van der Waals surface area contributed by atoms with Crippen LogP contribution >= 0.6 is 11.8 Å². The molecule has 4 nitrogen and oxygen atoms in total. The zero-order valence-electron chi connectivity index (χ0n) is 8.06. The van der Waals surface area contributed by atoms with Crippen molar-refractivity contribution in [1.82, 2.24) is 10.3 Å². The standard InChI is InChI=1S/C9H13N3OS/c1-2-3-11-8(6-10)7-14-9-12-4-5-13-9/h4-5,8,11H,2-3,7H2,1H3. The predicted octanol–water partition coefficient (Wildman–Crippen LogP) is 1.66. The van der Waals surface area contributed by atoms with Gasteiger partial charge in [0.25, 0.3) is 5.22 Å². The van der Waals surface area contributed by atoms with Crippen molar-refractivity contribution in [2.45, 2.75) is 24.6 Å². The van der Waals surface area contributed by atoms with Crippen LogP contribution in [0.2, 0.25) is 0 Å². The van der Waals surface area contributed by atoms with Gasteiger partial charge in [0.15, 0.2) is 0 Å². The Bertz CT molecular complexity index is 281. The van der Waals surface area contributed by atoms with Gasteiger partial charge in [-0.25, -0.2) is 4.98 Å². The summed E-state index contributed by atoms with van der Waals surface area (Å²) in [5, 5.41) is 12.5. The summed E-state index contributed by atoms with van der Waals surface area (Å²) < 4.78 is 5.05. The van der Waals surface area contributed by atoms with Gasteiger partial charge in [-0.15, -0.1) is 0 Å². The number of oxazole rings is 1. The Morgan fingerprint density at radius 2 is 2.64 bits per heavy atom. The summed E-state index contributed by atoms with van der Waals surface area (Å²) >= 11 is 1.45. The Morgan fingerprint density at radius 1 is 1.79 bits per heavy atom. The minimum absolute atomic E-state index is 0.133. The van der Waals surface area contributed by atoms with E-state index >= 15 is 0 Å². The highest BCUT2D eigenvalue weighted by molar-refractivity contribution is 7.99. The Labute approximate surface area is 87.7 Å². The molecule has 0 radical (unpaired) electrons. The molecule has 1 heterocycles. The van der Waals surface area contributed by atoms with Gasteiger partial charge >= 0.3 is 0 Å². The van der Waals surface area contributed by atoms with Crippen molar-refractivity contribution < 1.29 is 4.42 Å². The summed E-state index contributed by atoms with van der Waals surface area (Å²) in [7, 11) is 0. The molecule has 1 rings (SSSR count). The number of nitrogens with one attached hydrogen (secondary N) is 1. The Hall–Kier alpha value is -0.990. The summed E-state index contributed by atoms with van der Waals surface area (Å²) in [6, 6.07) is 2.07. The second kappa shape index (κ2) is 6.46. The van der Waals surface area contributed by atoms with Crippen molar-refractivity contribution >= 4 is 11.8 Å². The van der Waals surface area contributed by atoms with Crippen LogP contribution in [0.4, 0.5) is 0 Å². The van der Waals surface area contributed by atoms with Gasteiger partial charge in [0, 0.05) is 5.75 Å². The highest BCUT2D eigenvalue weighted by atomic mass is 32.2. The quantitative estimate of drug-likeness (QED) is 0.725. The van der Waals surface area contributed by atoms with Crippen LogP contribution in [-0.2, 0) is 0 Å². The zero-order valence-corrected chi connectivity index (χ0v) is 8.88. The number of thioether (sulfide) groups is 1. The van der Waals surface area contributed by atoms with Gasteiger partial charge in [0.1, 0.15) is 12.3 Å². The maximum atomic E-state index is 8.80. The minimum Gasteiger partial charge on any atom is -0.440 e. The van der Waals surface area contributed by atoms with Crippen LogP contribution in [0.15, 0.2) is 22.1 Å². The van der Waals surface area contributed by atoms with E-state index in [0.29, 0.717) is 11.0 Å². The molecule has 0 spiro atoms. The van der Waals surface area contributed by atoms with Crippen molar-refractivity contribution in [2.75, 3.05) is 12.3 Å². The molecule has 5 heteroatoms. The number of hydrogen-bond acceptors (Lipinski definition) is 5. The third-order valence-corrected chi connectivity index (χ3v) is 2.53. The second-order valence-corrected chi connectivity index (χ2v) is 3.72. The molecule has 0 saturated heterocycles. The van der Waals surface area contributed by atoms with E-state index in [2.05, 4.69) is 23.3 Å². The number of nitriles is 1. The molecule has 0 fully saturated rings. The molecule has 0 bridgehead atoms. The molecular weight excluding hydrogens is 198 g/mol. The van der Waals surface area contributed by atoms with Crippen LogP contribution in [0.5, 0.6) is 0 Å². The average Bonchev–Trinajstić information content (AvgIpc) is 2.71. The fraction of sp³-hybridized carbons (Fsp3) is 0.556. The SMILES string of the molecule is CCCNC(C#N)CSc1ncco1. The molecule has 1 atom stereocenters. The summed E-state index contributed by atoms with van der Waals surface area (Å²) in [4.78, 5) is 3.96. The lowest BCUT2D eigenvalue weighted by Crippen LogP contribution is -2.30. The molecule has 0 aromatic carbocycles. The topological polar surface area (TPSA) is 61.9 Å². The smallest absolute Gasteiger partial charge is 0.255 e. The molecule has 1 N–H and O–H groups in total. The van der Waals surface area contributed by atoms with E-state index in [1.807, 2.05) is 0 Å². The summed E-state index contributed by atoms with van der Waals surface area (Å²) in [5.41, 5.74) is 0. The van der Waals surface area contributed by atoms with Crippen LogP contribution in [0, 0.1) is 11.3 Å². The highest BCUT2D eigenvalue weighted by Crippen LogP contribution is 2.15. The fourth-order valence-corrected chi connectivity index (χ4v) is 1.66. The number of nitrogens with zero attached hydrogens (tertiary/aromatic N) is 2. The van der Waals surface area contributed by atoms with Gasteiger partial charge in [-0.2, -0.15) is 5.26 Å². The number of aromatic nitrogens is 1. The zero-order chi connectivity index (χ0) is 10.2. The van der Waals surface area contributed by atoms with Crippen LogP contribution < -0.4 is 5.32 Å². The molecule has 1 aromatic rings. The normalized spacial score (nSPS) is 12.3. The van der Waals surface area contributed by atoms with E-state index in [1.54, 1.807) is 6.20 Å². The maximum absolute atomic E-state index is 8.80. The molecule has 0 amide bonds. The van der Waals surface area contributed by atoms with Gasteiger partial charge in [-0.05, 0) is 13.0 Å². The van der Waals surface area contributed by atoms with Gasteiger partial charge in [0.2, 0.25) is 0 Å². The van der Waals surface area contributed by atoms with E-state index in [9.17, 15) is 0 Å². The summed E-state index contributed by atoms with van der Waals surface area (Å²) in [6.45, 7) is 2.94. The maximum Gasteiger partial charge on any atom is 0.255 e. The summed E-state index contributed by atoms with van der Waals surface area (Å²) in [5.74, 6) is 0.664. The lowest BCUT2D eigenvalue weighted by molar-refractivity contribution is 0.453. The van der Waals surface area contributed by atoms with Crippen LogP contribution in [0.1, 0.15) is 13.3 Å². The van der Waals surface area contributed by atoms with E-state index in [-0.39, 0.29) is 6.04 Å². The van der Waals surface area contributed by atoms with E-state index in [0.717, 1.165) is 13.0 Å². The van der Waals surface area contributed by atoms with Crippen molar-refractivity contribution in [3.8, 4) is 6.07 Å². The van der Waals surface area contributed by atoms with Crippen LogP contribution in [0.25, 0.3) is 0 Å². The molecule has 0 aliphatic carbocycles. The number of rotatable bonds is 6. The molecule has 0 aliphatic heterocycles. The first-order valence-corrected chi connectivity index (χ1v) is 5.50. The first-order valence-electron chi connectivity index (χ1n) is 4.52. The summed E-state index contributed by atoms with van der Waals surface area (Å²) in [6.07, 6.45) is 4.16. The lowest BCUT2D eigenvalue weighted by atomic mass is 10.3. The molecule has 1 unspecified atom stereocenters. The van der Waals surface area contributed by atoms with Crippen molar-refractivity contribution in [3.63, 3.8) is 0 Å². The first kappa shape index (κ1) is 11.1. The largest absolute Gasteiger partial charge is 0.440 e. The Balaban J connectivity index is 2.25. The fourth-order valence-electron chi connectivity index (χ4n) is 0.897. The van der Waals surface area contributed by atoms with Crippen LogP contribution in [0.3, 0.4) is 0 Å². The van der Waals surface area contributed by atoms with Crippen molar-refractivity contribution in [2.24, 2.45) is 0 Å². The van der Waals surface area contributed by atoms with Gasteiger partial charge in [0.05, 0.1) is 12.3 Å². The first-order chi connectivity index (χ1) is 6.86. The Morgan fingerprint density at radius 3 is 3.21 bits per heavy atom. The molecular formula is C9H13N3OS. The van der Waals surface area contributed by atoms with E-state index in [1.165, 1.54) is 18.0 Å².